The van der Waals surface area contributed by atoms with Gasteiger partial charge in [-0.2, -0.15) is 0 Å². The summed E-state index contributed by atoms with van der Waals surface area (Å²) >= 11 is 0. The Labute approximate surface area is 125 Å². The Morgan fingerprint density at radius 2 is 1.33 bits per heavy atom. The van der Waals surface area contributed by atoms with Crippen LogP contribution in [0, 0.1) is 19.8 Å². The Morgan fingerprint density at radius 3 is 1.86 bits per heavy atom. The lowest BCUT2D eigenvalue weighted by Crippen LogP contribution is -1.93. The van der Waals surface area contributed by atoms with Crippen LogP contribution in [0.25, 0.3) is 27.1 Å². The number of hydrogen-bond acceptors (Lipinski definition) is 0. The first-order valence-corrected chi connectivity index (χ1v) is 7.32. The highest BCUT2D eigenvalue weighted by atomic mass is 14.2. The minimum absolute atomic E-state index is 1.28. The SMILES string of the molecule is Cc1c2ccccc2c(C2=C[CH][CH+]C=C2)c2ccccc12. The fourth-order valence-corrected chi connectivity index (χ4v) is 3.26. The summed E-state index contributed by atoms with van der Waals surface area (Å²) in [4.78, 5) is 0. The lowest BCUT2D eigenvalue weighted by atomic mass is 9.87. The van der Waals surface area contributed by atoms with Crippen molar-refractivity contribution < 1.29 is 0 Å². The van der Waals surface area contributed by atoms with Gasteiger partial charge < -0.3 is 0 Å². The normalized spacial score (nSPS) is 14.2. The summed E-state index contributed by atoms with van der Waals surface area (Å²) in [5.41, 5.74) is 3.98. The number of hydrogen-bond donors (Lipinski definition) is 0. The first-order chi connectivity index (χ1) is 10.4. The zero-order chi connectivity index (χ0) is 14.2. The molecule has 4 rings (SSSR count). The second-order valence-corrected chi connectivity index (χ2v) is 5.46. The van der Waals surface area contributed by atoms with Crippen molar-refractivity contribution in [2.75, 3.05) is 0 Å². The summed E-state index contributed by atoms with van der Waals surface area (Å²) in [5.74, 6) is 0. The number of benzene rings is 3. The van der Waals surface area contributed by atoms with E-state index in [-0.39, 0.29) is 0 Å². The van der Waals surface area contributed by atoms with E-state index < -0.39 is 0 Å². The Balaban J connectivity index is 2.22. The number of fused-ring (bicyclic) bond motifs is 2. The second kappa shape index (κ2) is 4.82. The topological polar surface area (TPSA) is 0 Å². The molecule has 0 saturated heterocycles. The van der Waals surface area contributed by atoms with Crippen molar-refractivity contribution in [2.45, 2.75) is 6.92 Å². The van der Waals surface area contributed by atoms with Crippen molar-refractivity contribution in [1.29, 1.82) is 0 Å². The quantitative estimate of drug-likeness (QED) is 0.394. The summed E-state index contributed by atoms with van der Waals surface area (Å²) in [7, 11) is 0. The van der Waals surface area contributed by atoms with E-state index in [1.54, 1.807) is 0 Å². The van der Waals surface area contributed by atoms with Gasteiger partial charge in [0.2, 0.25) is 0 Å². The molecule has 0 aliphatic heterocycles. The zero-order valence-electron chi connectivity index (χ0n) is 12.0. The monoisotopic (exact) mass is 268 g/mol. The van der Waals surface area contributed by atoms with Crippen LogP contribution in [0.4, 0.5) is 0 Å². The molecule has 0 spiro atoms. The molecule has 99 valence electrons. The van der Waals surface area contributed by atoms with Gasteiger partial charge in [0.15, 0.2) is 0 Å². The van der Waals surface area contributed by atoms with Crippen molar-refractivity contribution in [2.24, 2.45) is 0 Å². The van der Waals surface area contributed by atoms with Gasteiger partial charge in [-0.15, -0.1) is 0 Å². The molecule has 0 atom stereocenters. The maximum absolute atomic E-state index is 2.23. The largest absolute Gasteiger partial charge is 0.0953 e. The van der Waals surface area contributed by atoms with Crippen LogP contribution in [0.1, 0.15) is 11.1 Å². The summed E-state index contributed by atoms with van der Waals surface area (Å²) in [6.45, 7) is 2.22. The van der Waals surface area contributed by atoms with E-state index >= 15 is 0 Å². The van der Waals surface area contributed by atoms with Gasteiger partial charge in [-0.25, -0.2) is 0 Å². The number of aryl methyl sites for hydroxylation is 1. The van der Waals surface area contributed by atoms with E-state index in [4.69, 9.17) is 0 Å². The molecule has 0 saturated carbocycles. The van der Waals surface area contributed by atoms with E-state index in [1.165, 1.54) is 38.2 Å². The molecule has 3 aromatic carbocycles. The van der Waals surface area contributed by atoms with E-state index in [1.807, 2.05) is 0 Å². The molecular weight excluding hydrogens is 252 g/mol. The van der Waals surface area contributed by atoms with Gasteiger partial charge in [-0.1, -0.05) is 48.5 Å². The molecule has 1 radical (unpaired) electrons. The van der Waals surface area contributed by atoms with Gasteiger partial charge in [0, 0.05) is 5.56 Å². The first kappa shape index (κ1) is 12.3. The number of rotatable bonds is 1. The van der Waals surface area contributed by atoms with Crippen molar-refractivity contribution in [1.82, 2.24) is 0 Å². The Morgan fingerprint density at radius 1 is 0.762 bits per heavy atom. The highest BCUT2D eigenvalue weighted by Crippen LogP contribution is 2.37. The molecule has 21 heavy (non-hydrogen) atoms. The molecule has 0 heterocycles. The van der Waals surface area contributed by atoms with E-state index in [2.05, 4.69) is 86.5 Å². The molecule has 0 nitrogen and oxygen atoms in total. The van der Waals surface area contributed by atoms with Gasteiger partial charge in [0.05, 0.1) is 30.6 Å². The molecule has 1 aliphatic carbocycles. The molecule has 1 aliphatic rings. The van der Waals surface area contributed by atoms with Crippen molar-refractivity contribution in [3.05, 3.63) is 90.7 Å². The van der Waals surface area contributed by atoms with Gasteiger partial charge in [-0.05, 0) is 40.1 Å². The molecule has 0 aromatic heterocycles. The Bertz CT molecular complexity index is 837. The molecule has 0 fully saturated rings. The highest BCUT2D eigenvalue weighted by Gasteiger charge is 2.16. The van der Waals surface area contributed by atoms with Crippen LogP contribution in [0.3, 0.4) is 0 Å². The van der Waals surface area contributed by atoms with Gasteiger partial charge in [0.25, 0.3) is 0 Å². The third kappa shape index (κ3) is 1.87. The molecular formula is C21H16+. The molecule has 0 heteroatoms. The second-order valence-electron chi connectivity index (χ2n) is 5.46. The van der Waals surface area contributed by atoms with Crippen LogP contribution in [-0.4, -0.2) is 0 Å². The van der Waals surface area contributed by atoms with E-state index in [0.717, 1.165) is 0 Å². The highest BCUT2D eigenvalue weighted by molar-refractivity contribution is 6.12. The third-order valence-electron chi connectivity index (χ3n) is 4.26. The Hall–Kier alpha value is -2.47. The summed E-state index contributed by atoms with van der Waals surface area (Å²) in [6.07, 6.45) is 10.7. The van der Waals surface area contributed by atoms with E-state index in [0.29, 0.717) is 0 Å². The van der Waals surface area contributed by atoms with Crippen LogP contribution >= 0.6 is 0 Å². The van der Waals surface area contributed by atoms with Crippen LogP contribution in [0.5, 0.6) is 0 Å². The maximum atomic E-state index is 2.23. The molecule has 3 aromatic rings. The van der Waals surface area contributed by atoms with Crippen LogP contribution in [-0.2, 0) is 0 Å². The Kier molecular flexibility index (Phi) is 2.82. The lowest BCUT2D eigenvalue weighted by Gasteiger charge is -2.14. The number of allylic oxidation sites excluding steroid dienone is 4. The summed E-state index contributed by atoms with van der Waals surface area (Å²) < 4.78 is 0. The van der Waals surface area contributed by atoms with Crippen molar-refractivity contribution in [3.63, 3.8) is 0 Å². The summed E-state index contributed by atoms with van der Waals surface area (Å²) in [6, 6.07) is 17.4. The van der Waals surface area contributed by atoms with Crippen LogP contribution in [0.2, 0.25) is 0 Å². The third-order valence-corrected chi connectivity index (χ3v) is 4.26. The minimum atomic E-state index is 1.28. The fourth-order valence-electron chi connectivity index (χ4n) is 3.26. The average Bonchev–Trinajstić information content (AvgIpc) is 2.56. The summed E-state index contributed by atoms with van der Waals surface area (Å²) in [5, 5.41) is 5.35. The molecule has 0 unspecified atom stereocenters. The van der Waals surface area contributed by atoms with Crippen LogP contribution < -0.4 is 0 Å². The van der Waals surface area contributed by atoms with E-state index in [9.17, 15) is 0 Å². The van der Waals surface area contributed by atoms with Gasteiger partial charge >= 0.3 is 0 Å². The van der Waals surface area contributed by atoms with Gasteiger partial charge in [0.1, 0.15) is 0 Å². The maximum Gasteiger partial charge on any atom is 0.0953 e. The predicted molar refractivity (Wildman–Crippen MR) is 91.9 cm³/mol. The minimum Gasteiger partial charge on any atom is -0.0616 e. The van der Waals surface area contributed by atoms with Crippen molar-refractivity contribution >= 4 is 27.1 Å². The fraction of sp³-hybridized carbons (Fsp3) is 0.0476. The lowest BCUT2D eigenvalue weighted by molar-refractivity contribution is 1.53. The average molecular weight is 268 g/mol. The molecule has 0 N–H and O–H groups in total. The standard InChI is InChI=1S/C21H16/c1-15-17-11-5-7-13-19(17)21(16-9-3-2-4-10-16)20-14-8-6-12-18(15)20/h2-14H,1H3/q+1. The van der Waals surface area contributed by atoms with Crippen molar-refractivity contribution in [3.8, 4) is 0 Å². The first-order valence-electron chi connectivity index (χ1n) is 7.32. The van der Waals surface area contributed by atoms with Crippen LogP contribution in [0.15, 0.2) is 66.8 Å². The van der Waals surface area contributed by atoms with Gasteiger partial charge in [-0.3, -0.25) is 0 Å². The predicted octanol–water partition coefficient (Wildman–Crippen LogP) is 5.66. The molecule has 0 bridgehead atoms. The zero-order valence-corrected chi connectivity index (χ0v) is 12.0. The molecule has 0 amide bonds. The smallest absolute Gasteiger partial charge is 0.0616 e.